The maximum atomic E-state index is 12.6. The van der Waals surface area contributed by atoms with Gasteiger partial charge in [-0.3, -0.25) is 19.0 Å². The van der Waals surface area contributed by atoms with Crippen LogP contribution in [0, 0.1) is 0 Å². The lowest BCUT2D eigenvalue weighted by molar-refractivity contribution is -0.133. The van der Waals surface area contributed by atoms with Crippen molar-refractivity contribution in [1.82, 2.24) is 14.5 Å². The van der Waals surface area contributed by atoms with Crippen LogP contribution in [0.2, 0.25) is 0 Å². The lowest BCUT2D eigenvalue weighted by Gasteiger charge is -2.28. The Balaban J connectivity index is 1.36. The molecule has 0 radical (unpaired) electrons. The summed E-state index contributed by atoms with van der Waals surface area (Å²) in [6, 6.07) is 14.0. The largest absolute Gasteiger partial charge is 0.378 e. The third-order valence-corrected chi connectivity index (χ3v) is 5.52. The second-order valence-electron chi connectivity index (χ2n) is 7.81. The van der Waals surface area contributed by atoms with Crippen molar-refractivity contribution in [1.29, 1.82) is 0 Å². The summed E-state index contributed by atoms with van der Waals surface area (Å²) in [7, 11) is 1.45. The summed E-state index contributed by atoms with van der Waals surface area (Å²) >= 11 is 0. The Morgan fingerprint density at radius 3 is 2.48 bits per heavy atom. The van der Waals surface area contributed by atoms with Crippen molar-refractivity contribution in [2.24, 2.45) is 0 Å². The van der Waals surface area contributed by atoms with E-state index >= 15 is 0 Å². The SMILES string of the molecule is CN(CC(=O)Nc1ccc(N2CCOCC2)cc1)C(=O)Cn1c(=O)[nH]c2ccccc2c1=O. The number of rotatable bonds is 6. The molecule has 0 saturated carbocycles. The van der Waals surface area contributed by atoms with E-state index < -0.39 is 23.7 Å². The van der Waals surface area contributed by atoms with E-state index in [2.05, 4.69) is 15.2 Å². The van der Waals surface area contributed by atoms with Crippen molar-refractivity contribution in [2.75, 3.05) is 50.1 Å². The van der Waals surface area contributed by atoms with E-state index in [1.165, 1.54) is 11.9 Å². The molecule has 1 saturated heterocycles. The van der Waals surface area contributed by atoms with Gasteiger partial charge in [-0.25, -0.2) is 4.79 Å². The summed E-state index contributed by atoms with van der Waals surface area (Å²) in [5.41, 5.74) is 0.837. The third kappa shape index (κ3) is 5.12. The Kier molecular flexibility index (Phi) is 6.55. The molecule has 10 heteroatoms. The molecule has 1 aromatic heterocycles. The molecule has 0 aliphatic carbocycles. The average molecular weight is 451 g/mol. The van der Waals surface area contributed by atoms with E-state index in [-0.39, 0.29) is 12.5 Å². The van der Waals surface area contributed by atoms with Crippen LogP contribution in [0.25, 0.3) is 10.9 Å². The highest BCUT2D eigenvalue weighted by molar-refractivity contribution is 5.94. The van der Waals surface area contributed by atoms with Crippen molar-refractivity contribution in [3.8, 4) is 0 Å². The number of hydrogen-bond donors (Lipinski definition) is 2. The predicted molar refractivity (Wildman–Crippen MR) is 125 cm³/mol. The Morgan fingerprint density at radius 1 is 1.06 bits per heavy atom. The quantitative estimate of drug-likeness (QED) is 0.568. The topological polar surface area (TPSA) is 117 Å². The molecule has 33 heavy (non-hydrogen) atoms. The molecule has 1 fully saturated rings. The van der Waals surface area contributed by atoms with Gasteiger partial charge in [0.2, 0.25) is 11.8 Å². The molecule has 4 rings (SSSR count). The van der Waals surface area contributed by atoms with Gasteiger partial charge >= 0.3 is 5.69 Å². The first-order valence-electron chi connectivity index (χ1n) is 10.6. The number of ether oxygens (including phenoxy) is 1. The van der Waals surface area contributed by atoms with Crippen LogP contribution in [0.5, 0.6) is 0 Å². The van der Waals surface area contributed by atoms with E-state index in [4.69, 9.17) is 4.74 Å². The minimum absolute atomic E-state index is 0.218. The standard InChI is InChI=1S/C23H25N5O5/c1-26(21(30)15-28-22(31)18-4-2-3-5-19(18)25-23(28)32)14-20(29)24-16-6-8-17(9-7-16)27-10-12-33-13-11-27/h2-9H,10-15H2,1H3,(H,24,29)(H,25,32). The smallest absolute Gasteiger partial charge is 0.329 e. The number of fused-ring (bicyclic) bond motifs is 1. The van der Waals surface area contributed by atoms with Gasteiger partial charge < -0.3 is 24.8 Å². The first-order valence-corrected chi connectivity index (χ1v) is 10.6. The molecule has 0 atom stereocenters. The highest BCUT2D eigenvalue weighted by Crippen LogP contribution is 2.19. The minimum Gasteiger partial charge on any atom is -0.378 e. The monoisotopic (exact) mass is 451 g/mol. The van der Waals surface area contributed by atoms with Crippen molar-refractivity contribution in [3.05, 3.63) is 69.4 Å². The van der Waals surface area contributed by atoms with Gasteiger partial charge in [0.25, 0.3) is 5.56 Å². The Labute approximate surface area is 189 Å². The molecule has 2 aromatic carbocycles. The number of H-pyrrole nitrogens is 1. The molecule has 3 aromatic rings. The zero-order valence-corrected chi connectivity index (χ0v) is 18.2. The van der Waals surface area contributed by atoms with Crippen LogP contribution in [-0.4, -0.2) is 66.2 Å². The number of carbonyl (C=O) groups is 2. The lowest BCUT2D eigenvalue weighted by Crippen LogP contribution is -2.43. The molecule has 2 N–H and O–H groups in total. The summed E-state index contributed by atoms with van der Waals surface area (Å²) in [4.78, 5) is 55.8. The van der Waals surface area contributed by atoms with Crippen LogP contribution >= 0.6 is 0 Å². The second kappa shape index (κ2) is 9.70. The number of aromatic amines is 1. The van der Waals surface area contributed by atoms with E-state index in [1.54, 1.807) is 36.4 Å². The predicted octanol–water partition coefficient (Wildman–Crippen LogP) is 0.624. The number of para-hydroxylation sites is 1. The Hall–Kier alpha value is -3.92. The van der Waals surface area contributed by atoms with Gasteiger partial charge in [-0.15, -0.1) is 0 Å². The molecular weight excluding hydrogens is 426 g/mol. The summed E-state index contributed by atoms with van der Waals surface area (Å²) < 4.78 is 6.19. The second-order valence-corrected chi connectivity index (χ2v) is 7.81. The number of likely N-dealkylation sites (N-methyl/N-ethyl adjacent to an activating group) is 1. The van der Waals surface area contributed by atoms with Gasteiger partial charge in [-0.05, 0) is 36.4 Å². The van der Waals surface area contributed by atoms with Gasteiger partial charge in [0.15, 0.2) is 0 Å². The van der Waals surface area contributed by atoms with E-state index in [9.17, 15) is 19.2 Å². The van der Waals surface area contributed by atoms with Gasteiger partial charge in [0, 0.05) is 31.5 Å². The molecule has 0 spiro atoms. The van der Waals surface area contributed by atoms with Gasteiger partial charge in [-0.2, -0.15) is 0 Å². The number of morpholine rings is 1. The van der Waals surface area contributed by atoms with Crippen LogP contribution < -0.4 is 21.5 Å². The molecular formula is C23H25N5O5. The van der Waals surface area contributed by atoms with Gasteiger partial charge in [-0.1, -0.05) is 12.1 Å². The number of nitrogens with zero attached hydrogens (tertiary/aromatic N) is 3. The molecule has 10 nitrogen and oxygen atoms in total. The number of aromatic nitrogens is 2. The summed E-state index contributed by atoms with van der Waals surface area (Å²) in [6.07, 6.45) is 0. The fourth-order valence-corrected chi connectivity index (χ4v) is 3.68. The highest BCUT2D eigenvalue weighted by atomic mass is 16.5. The molecule has 1 aliphatic rings. The van der Waals surface area contributed by atoms with Crippen molar-refractivity contribution in [2.45, 2.75) is 6.54 Å². The Morgan fingerprint density at radius 2 is 1.76 bits per heavy atom. The average Bonchev–Trinajstić information content (AvgIpc) is 2.82. The Bertz CT molecular complexity index is 1270. The van der Waals surface area contributed by atoms with Crippen molar-refractivity contribution >= 4 is 34.1 Å². The number of benzene rings is 2. The number of nitrogens with one attached hydrogen (secondary N) is 2. The van der Waals surface area contributed by atoms with Crippen LogP contribution in [0.15, 0.2) is 58.1 Å². The van der Waals surface area contributed by atoms with E-state index in [0.29, 0.717) is 29.8 Å². The molecule has 1 aliphatic heterocycles. The van der Waals surface area contributed by atoms with E-state index in [0.717, 1.165) is 23.3 Å². The summed E-state index contributed by atoms with van der Waals surface area (Å²) in [6.45, 7) is 2.34. The first-order chi connectivity index (χ1) is 15.9. The first kappa shape index (κ1) is 22.3. The number of amides is 2. The zero-order chi connectivity index (χ0) is 23.4. The number of carbonyl (C=O) groups excluding carboxylic acids is 2. The minimum atomic E-state index is -0.676. The van der Waals surface area contributed by atoms with Gasteiger partial charge in [0.1, 0.15) is 6.54 Å². The highest BCUT2D eigenvalue weighted by Gasteiger charge is 2.17. The normalized spacial score (nSPS) is 13.7. The summed E-state index contributed by atoms with van der Waals surface area (Å²) in [5.74, 6) is -0.916. The maximum absolute atomic E-state index is 12.6. The fourth-order valence-electron chi connectivity index (χ4n) is 3.68. The molecule has 2 heterocycles. The van der Waals surface area contributed by atoms with Crippen LogP contribution in [0.3, 0.4) is 0 Å². The number of anilines is 2. The van der Waals surface area contributed by atoms with Crippen molar-refractivity contribution < 1.29 is 14.3 Å². The van der Waals surface area contributed by atoms with Crippen LogP contribution in [0.1, 0.15) is 0 Å². The molecule has 0 unspecified atom stereocenters. The maximum Gasteiger partial charge on any atom is 0.329 e. The lowest BCUT2D eigenvalue weighted by atomic mass is 10.2. The molecule has 172 valence electrons. The van der Waals surface area contributed by atoms with Crippen LogP contribution in [-0.2, 0) is 20.9 Å². The zero-order valence-electron chi connectivity index (χ0n) is 18.2. The summed E-state index contributed by atoms with van der Waals surface area (Å²) in [5, 5.41) is 3.07. The van der Waals surface area contributed by atoms with E-state index in [1.807, 2.05) is 12.1 Å². The van der Waals surface area contributed by atoms with Crippen LogP contribution in [0.4, 0.5) is 11.4 Å². The molecule has 2 amide bonds. The fraction of sp³-hybridized carbons (Fsp3) is 0.304. The molecule has 0 bridgehead atoms. The van der Waals surface area contributed by atoms with Crippen molar-refractivity contribution in [3.63, 3.8) is 0 Å². The van der Waals surface area contributed by atoms with Gasteiger partial charge in [0.05, 0.1) is 30.7 Å². The number of hydrogen-bond acceptors (Lipinski definition) is 6. The third-order valence-electron chi connectivity index (χ3n) is 5.52.